The lowest BCUT2D eigenvalue weighted by molar-refractivity contribution is 0.475. The molecular formula is C22H21N5O. The Morgan fingerprint density at radius 2 is 1.75 bits per heavy atom. The molecule has 2 aromatic heterocycles. The van der Waals surface area contributed by atoms with Gasteiger partial charge in [-0.2, -0.15) is 0 Å². The first-order chi connectivity index (χ1) is 13.7. The van der Waals surface area contributed by atoms with E-state index in [2.05, 4.69) is 41.1 Å². The van der Waals surface area contributed by atoms with Crippen molar-refractivity contribution in [2.24, 2.45) is 0 Å². The van der Waals surface area contributed by atoms with E-state index in [1.807, 2.05) is 23.0 Å². The molecule has 0 atom stereocenters. The average molecular weight is 371 g/mol. The van der Waals surface area contributed by atoms with Crippen LogP contribution in [0.2, 0.25) is 0 Å². The molecule has 0 spiro atoms. The molecule has 28 heavy (non-hydrogen) atoms. The maximum absolute atomic E-state index is 9.90. The molecule has 2 aromatic carbocycles. The smallest absolute Gasteiger partial charge is 0.170 e. The summed E-state index contributed by atoms with van der Waals surface area (Å²) in [6.07, 6.45) is 4.13. The number of aromatic nitrogens is 4. The number of fused-ring (bicyclic) bond motifs is 1. The van der Waals surface area contributed by atoms with Crippen LogP contribution in [0.5, 0.6) is 5.75 Å². The Kier molecular flexibility index (Phi) is 3.97. The topological polar surface area (TPSA) is 67.1 Å². The van der Waals surface area contributed by atoms with E-state index in [9.17, 15) is 5.11 Å². The van der Waals surface area contributed by atoms with Gasteiger partial charge in [-0.05, 0) is 44.0 Å². The molecule has 5 rings (SSSR count). The fourth-order valence-electron chi connectivity index (χ4n) is 3.70. The van der Waals surface area contributed by atoms with Crippen LogP contribution >= 0.6 is 0 Å². The van der Waals surface area contributed by atoms with E-state index in [-0.39, 0.29) is 5.75 Å². The lowest BCUT2D eigenvalue weighted by Gasteiger charge is -2.17. The first kappa shape index (κ1) is 16.7. The number of imidazole rings is 1. The number of hydrogen-bond acceptors (Lipinski definition) is 5. The molecule has 6 heteroatoms. The largest absolute Gasteiger partial charge is 0.508 e. The van der Waals surface area contributed by atoms with E-state index < -0.39 is 0 Å². The average Bonchev–Trinajstić information content (AvgIpc) is 3.38. The van der Waals surface area contributed by atoms with E-state index in [1.165, 1.54) is 5.56 Å². The summed E-state index contributed by atoms with van der Waals surface area (Å²) in [5, 5.41) is 9.90. The number of phenolic OH excluding ortho intramolecular Hbond substituents is 1. The van der Waals surface area contributed by atoms with E-state index in [0.717, 1.165) is 54.2 Å². The molecule has 0 amide bonds. The van der Waals surface area contributed by atoms with Crippen molar-refractivity contribution in [3.8, 4) is 22.8 Å². The minimum atomic E-state index is 0.205. The number of nitrogens with zero attached hydrogens (tertiary/aromatic N) is 5. The van der Waals surface area contributed by atoms with Crippen LogP contribution in [-0.4, -0.2) is 37.7 Å². The molecule has 0 unspecified atom stereocenters. The number of hydrogen-bond donors (Lipinski definition) is 1. The van der Waals surface area contributed by atoms with Crippen molar-refractivity contribution in [3.05, 3.63) is 60.4 Å². The number of aromatic hydroxyl groups is 1. The molecular weight excluding hydrogens is 350 g/mol. The monoisotopic (exact) mass is 371 g/mol. The standard InChI is InChI=1S/C22H21N5O/c1-15-7-9-17(10-8-15)27-14-23-19-21(26-11-2-3-12-26)24-20(25-22(19)27)16-5-4-6-18(28)13-16/h4-10,13-14,28H,2-3,11-12H2,1H3. The van der Waals surface area contributed by atoms with Gasteiger partial charge in [-0.25, -0.2) is 15.0 Å². The Morgan fingerprint density at radius 3 is 2.50 bits per heavy atom. The third-order valence-corrected chi connectivity index (χ3v) is 5.20. The zero-order chi connectivity index (χ0) is 19.1. The van der Waals surface area contributed by atoms with Crippen molar-refractivity contribution in [1.29, 1.82) is 0 Å². The molecule has 1 aliphatic rings. The maximum atomic E-state index is 9.90. The first-order valence-corrected chi connectivity index (χ1v) is 9.55. The summed E-state index contributed by atoms with van der Waals surface area (Å²) in [5.74, 6) is 1.67. The minimum absolute atomic E-state index is 0.205. The van der Waals surface area contributed by atoms with Crippen LogP contribution < -0.4 is 4.90 Å². The molecule has 140 valence electrons. The van der Waals surface area contributed by atoms with Crippen LogP contribution in [0.4, 0.5) is 5.82 Å². The summed E-state index contributed by atoms with van der Waals surface area (Å²) in [6.45, 7) is 4.02. The fraction of sp³-hybridized carbons (Fsp3) is 0.227. The molecule has 0 aliphatic carbocycles. The quantitative estimate of drug-likeness (QED) is 0.587. The van der Waals surface area contributed by atoms with Crippen LogP contribution in [0.1, 0.15) is 18.4 Å². The highest BCUT2D eigenvalue weighted by Gasteiger charge is 2.22. The van der Waals surface area contributed by atoms with Crippen molar-refractivity contribution in [3.63, 3.8) is 0 Å². The second kappa shape index (κ2) is 6.64. The first-order valence-electron chi connectivity index (χ1n) is 9.55. The number of phenols is 1. The van der Waals surface area contributed by atoms with Gasteiger partial charge in [-0.3, -0.25) is 4.57 Å². The van der Waals surface area contributed by atoms with Crippen molar-refractivity contribution in [2.45, 2.75) is 19.8 Å². The number of benzene rings is 2. The highest BCUT2D eigenvalue weighted by molar-refractivity contribution is 5.87. The zero-order valence-corrected chi connectivity index (χ0v) is 15.7. The second-order valence-corrected chi connectivity index (χ2v) is 7.24. The Bertz CT molecular complexity index is 1140. The molecule has 1 fully saturated rings. The van der Waals surface area contributed by atoms with Crippen LogP contribution in [-0.2, 0) is 0 Å². The van der Waals surface area contributed by atoms with Gasteiger partial charge in [-0.1, -0.05) is 29.8 Å². The van der Waals surface area contributed by atoms with Crippen LogP contribution in [0, 0.1) is 6.92 Å². The minimum Gasteiger partial charge on any atom is -0.508 e. The predicted molar refractivity (Wildman–Crippen MR) is 110 cm³/mol. The van der Waals surface area contributed by atoms with Crippen molar-refractivity contribution >= 4 is 17.0 Å². The van der Waals surface area contributed by atoms with Gasteiger partial charge in [0.1, 0.15) is 12.1 Å². The van der Waals surface area contributed by atoms with E-state index in [4.69, 9.17) is 9.97 Å². The van der Waals surface area contributed by atoms with Gasteiger partial charge in [0.2, 0.25) is 0 Å². The third kappa shape index (κ3) is 2.87. The molecule has 0 saturated carbocycles. The summed E-state index contributed by atoms with van der Waals surface area (Å²) >= 11 is 0. The molecule has 0 bridgehead atoms. The Morgan fingerprint density at radius 1 is 0.964 bits per heavy atom. The molecule has 1 aliphatic heterocycles. The fourth-order valence-corrected chi connectivity index (χ4v) is 3.70. The Balaban J connectivity index is 1.74. The van der Waals surface area contributed by atoms with Gasteiger partial charge in [0, 0.05) is 24.3 Å². The van der Waals surface area contributed by atoms with Gasteiger partial charge < -0.3 is 10.0 Å². The number of aryl methyl sites for hydroxylation is 1. The molecule has 1 saturated heterocycles. The van der Waals surface area contributed by atoms with Crippen LogP contribution in [0.25, 0.3) is 28.2 Å². The summed E-state index contributed by atoms with van der Waals surface area (Å²) in [5.41, 5.74) is 4.60. The normalized spacial score (nSPS) is 14.1. The molecule has 4 aromatic rings. The second-order valence-electron chi connectivity index (χ2n) is 7.24. The summed E-state index contributed by atoms with van der Waals surface area (Å²) in [7, 11) is 0. The molecule has 1 N–H and O–H groups in total. The molecule has 0 radical (unpaired) electrons. The van der Waals surface area contributed by atoms with Gasteiger partial charge in [0.25, 0.3) is 0 Å². The lowest BCUT2D eigenvalue weighted by atomic mass is 10.2. The van der Waals surface area contributed by atoms with E-state index >= 15 is 0 Å². The van der Waals surface area contributed by atoms with Gasteiger partial charge >= 0.3 is 0 Å². The van der Waals surface area contributed by atoms with Crippen LogP contribution in [0.15, 0.2) is 54.9 Å². The van der Waals surface area contributed by atoms with Crippen molar-refractivity contribution < 1.29 is 5.11 Å². The maximum Gasteiger partial charge on any atom is 0.170 e. The number of rotatable bonds is 3. The van der Waals surface area contributed by atoms with Gasteiger partial charge in [-0.15, -0.1) is 0 Å². The zero-order valence-electron chi connectivity index (χ0n) is 15.7. The van der Waals surface area contributed by atoms with E-state index in [1.54, 1.807) is 12.1 Å². The SMILES string of the molecule is Cc1ccc(-n2cnc3c(N4CCCC4)nc(-c4cccc(O)c4)nc32)cc1. The lowest BCUT2D eigenvalue weighted by Crippen LogP contribution is -2.20. The number of anilines is 1. The van der Waals surface area contributed by atoms with Gasteiger partial charge in [0.05, 0.1) is 0 Å². The highest BCUT2D eigenvalue weighted by Crippen LogP contribution is 2.31. The van der Waals surface area contributed by atoms with Gasteiger partial charge in [0.15, 0.2) is 22.8 Å². The van der Waals surface area contributed by atoms with Crippen LogP contribution in [0.3, 0.4) is 0 Å². The van der Waals surface area contributed by atoms with Crippen molar-refractivity contribution in [2.75, 3.05) is 18.0 Å². The molecule has 6 nitrogen and oxygen atoms in total. The summed E-state index contributed by atoms with van der Waals surface area (Å²) in [4.78, 5) is 16.6. The Labute approximate surface area is 163 Å². The predicted octanol–water partition coefficient (Wildman–Crippen LogP) is 4.10. The highest BCUT2D eigenvalue weighted by atomic mass is 16.3. The molecule has 3 heterocycles. The summed E-state index contributed by atoms with van der Waals surface area (Å²) in [6, 6.07) is 15.4. The third-order valence-electron chi connectivity index (χ3n) is 5.20. The Hall–Kier alpha value is -3.41. The summed E-state index contributed by atoms with van der Waals surface area (Å²) < 4.78 is 2.00. The van der Waals surface area contributed by atoms with E-state index in [0.29, 0.717) is 5.82 Å². The van der Waals surface area contributed by atoms with Crippen molar-refractivity contribution in [1.82, 2.24) is 19.5 Å².